The van der Waals surface area contributed by atoms with Crippen molar-refractivity contribution in [1.29, 1.82) is 0 Å². The van der Waals surface area contributed by atoms with Gasteiger partial charge < -0.3 is 15.5 Å². The molecule has 2 heterocycles. The molecule has 2 rings (SSSR count). The standard InChI is InChI=1S/C10H17N3O2/c1-10(7-3-4-13(2)5-7)6-11-8(14)9(15)12-10/h7H,3-6H2,1-2H3,(H,11,14)(H,12,15). The van der Waals surface area contributed by atoms with Gasteiger partial charge in [0.15, 0.2) is 0 Å². The summed E-state index contributed by atoms with van der Waals surface area (Å²) in [4.78, 5) is 24.6. The first-order chi connectivity index (χ1) is 7.01. The predicted molar refractivity (Wildman–Crippen MR) is 55.2 cm³/mol. The summed E-state index contributed by atoms with van der Waals surface area (Å²) in [5, 5.41) is 5.47. The molecule has 0 radical (unpaired) electrons. The van der Waals surface area contributed by atoms with Crippen molar-refractivity contribution in [2.75, 3.05) is 26.7 Å². The number of likely N-dealkylation sites (tertiary alicyclic amines) is 1. The van der Waals surface area contributed by atoms with Gasteiger partial charge in [-0.15, -0.1) is 0 Å². The van der Waals surface area contributed by atoms with Gasteiger partial charge in [0.05, 0.1) is 5.54 Å². The molecule has 2 aliphatic heterocycles. The van der Waals surface area contributed by atoms with E-state index in [1.807, 2.05) is 6.92 Å². The third-order valence-corrected chi connectivity index (χ3v) is 3.51. The van der Waals surface area contributed by atoms with Crippen LogP contribution in [0.5, 0.6) is 0 Å². The number of carbonyl (C=O) groups excluding carboxylic acids is 2. The van der Waals surface area contributed by atoms with Crippen LogP contribution in [0.15, 0.2) is 0 Å². The molecule has 2 unspecified atom stereocenters. The van der Waals surface area contributed by atoms with Crippen molar-refractivity contribution in [3.05, 3.63) is 0 Å². The predicted octanol–water partition coefficient (Wildman–Crippen LogP) is -1.06. The molecule has 2 aliphatic rings. The number of hydrogen-bond acceptors (Lipinski definition) is 3. The highest BCUT2D eigenvalue weighted by atomic mass is 16.2. The summed E-state index contributed by atoms with van der Waals surface area (Å²) in [5.74, 6) is -0.593. The number of hydrogen-bond donors (Lipinski definition) is 2. The highest BCUT2D eigenvalue weighted by molar-refractivity contribution is 6.35. The maximum atomic E-state index is 11.3. The molecular formula is C10H17N3O2. The summed E-state index contributed by atoms with van der Waals surface area (Å²) in [6.07, 6.45) is 1.07. The minimum absolute atomic E-state index is 0.282. The van der Waals surface area contributed by atoms with E-state index in [2.05, 4.69) is 22.6 Å². The lowest BCUT2D eigenvalue weighted by molar-refractivity contribution is -0.143. The van der Waals surface area contributed by atoms with Crippen LogP contribution in [0, 0.1) is 5.92 Å². The highest BCUT2D eigenvalue weighted by Gasteiger charge is 2.42. The summed E-state index contributed by atoms with van der Waals surface area (Å²) < 4.78 is 0. The summed E-state index contributed by atoms with van der Waals surface area (Å²) in [6.45, 7) is 4.58. The molecule has 5 heteroatoms. The second kappa shape index (κ2) is 3.48. The molecule has 5 nitrogen and oxygen atoms in total. The Bertz CT molecular complexity index is 305. The van der Waals surface area contributed by atoms with E-state index >= 15 is 0 Å². The number of piperazine rings is 1. The summed E-state index contributed by atoms with van der Waals surface area (Å²) in [5.41, 5.74) is -0.282. The number of carbonyl (C=O) groups is 2. The van der Waals surface area contributed by atoms with E-state index in [1.54, 1.807) is 0 Å². The Labute approximate surface area is 89.2 Å². The van der Waals surface area contributed by atoms with Gasteiger partial charge in [-0.1, -0.05) is 0 Å². The van der Waals surface area contributed by atoms with Gasteiger partial charge in [0, 0.05) is 13.1 Å². The lowest BCUT2D eigenvalue weighted by Crippen LogP contribution is -2.66. The molecule has 2 saturated heterocycles. The van der Waals surface area contributed by atoms with Crippen molar-refractivity contribution in [3.63, 3.8) is 0 Å². The Kier molecular flexibility index (Phi) is 2.42. The van der Waals surface area contributed by atoms with Crippen molar-refractivity contribution in [2.45, 2.75) is 18.9 Å². The van der Waals surface area contributed by atoms with Gasteiger partial charge >= 0.3 is 11.8 Å². The molecule has 2 amide bonds. The van der Waals surface area contributed by atoms with Gasteiger partial charge in [-0.2, -0.15) is 0 Å². The molecule has 0 aromatic carbocycles. The van der Waals surface area contributed by atoms with E-state index < -0.39 is 11.8 Å². The molecule has 0 bridgehead atoms. The Balaban J connectivity index is 2.07. The first-order valence-electron chi connectivity index (χ1n) is 5.30. The zero-order valence-corrected chi connectivity index (χ0v) is 9.17. The summed E-state index contributed by atoms with van der Waals surface area (Å²) >= 11 is 0. The zero-order valence-electron chi connectivity index (χ0n) is 9.17. The quantitative estimate of drug-likeness (QED) is 0.544. The third kappa shape index (κ3) is 1.84. The van der Waals surface area contributed by atoms with Crippen LogP contribution in [-0.4, -0.2) is 48.9 Å². The SMILES string of the molecule is CN1CCC(C2(C)CNC(=O)C(=O)N2)C1. The van der Waals surface area contributed by atoms with Gasteiger partial charge in [0.25, 0.3) is 0 Å². The van der Waals surface area contributed by atoms with E-state index in [0.29, 0.717) is 12.5 Å². The van der Waals surface area contributed by atoms with Crippen molar-refractivity contribution in [2.24, 2.45) is 5.92 Å². The number of nitrogens with one attached hydrogen (secondary N) is 2. The smallest absolute Gasteiger partial charge is 0.309 e. The van der Waals surface area contributed by atoms with Gasteiger partial charge in [-0.3, -0.25) is 9.59 Å². The molecule has 2 atom stereocenters. The fourth-order valence-electron chi connectivity index (χ4n) is 2.41. The zero-order chi connectivity index (χ0) is 11.1. The third-order valence-electron chi connectivity index (χ3n) is 3.51. The van der Waals surface area contributed by atoms with Gasteiger partial charge in [0.1, 0.15) is 0 Å². The van der Waals surface area contributed by atoms with Crippen molar-refractivity contribution in [1.82, 2.24) is 15.5 Å². The Hall–Kier alpha value is -1.10. The van der Waals surface area contributed by atoms with Crippen molar-refractivity contribution in [3.8, 4) is 0 Å². The van der Waals surface area contributed by atoms with E-state index in [0.717, 1.165) is 19.5 Å². The van der Waals surface area contributed by atoms with E-state index in [1.165, 1.54) is 0 Å². The molecular weight excluding hydrogens is 194 g/mol. The Morgan fingerprint density at radius 3 is 2.67 bits per heavy atom. The second-order valence-electron chi connectivity index (χ2n) is 4.80. The lowest BCUT2D eigenvalue weighted by Gasteiger charge is -2.39. The van der Waals surface area contributed by atoms with Crippen LogP contribution in [0.25, 0.3) is 0 Å². The van der Waals surface area contributed by atoms with Crippen LogP contribution in [-0.2, 0) is 9.59 Å². The Morgan fingerprint density at radius 2 is 2.13 bits per heavy atom. The number of rotatable bonds is 1. The molecule has 0 spiro atoms. The van der Waals surface area contributed by atoms with Crippen LogP contribution < -0.4 is 10.6 Å². The highest BCUT2D eigenvalue weighted by Crippen LogP contribution is 2.27. The minimum Gasteiger partial charge on any atom is -0.345 e. The monoisotopic (exact) mass is 211 g/mol. The van der Waals surface area contributed by atoms with Crippen molar-refractivity contribution >= 4 is 11.8 Å². The molecule has 15 heavy (non-hydrogen) atoms. The molecule has 0 aromatic heterocycles. The number of amides is 2. The van der Waals surface area contributed by atoms with E-state index in [4.69, 9.17) is 0 Å². The maximum absolute atomic E-state index is 11.3. The lowest BCUT2D eigenvalue weighted by atomic mass is 9.83. The molecule has 0 saturated carbocycles. The summed E-state index contributed by atoms with van der Waals surface area (Å²) in [7, 11) is 2.08. The van der Waals surface area contributed by atoms with Crippen LogP contribution in [0.1, 0.15) is 13.3 Å². The van der Waals surface area contributed by atoms with Crippen molar-refractivity contribution < 1.29 is 9.59 Å². The van der Waals surface area contributed by atoms with Crippen LogP contribution in [0.4, 0.5) is 0 Å². The topological polar surface area (TPSA) is 61.4 Å². The normalized spacial score (nSPS) is 37.6. The van der Waals surface area contributed by atoms with Gasteiger partial charge in [0.2, 0.25) is 0 Å². The van der Waals surface area contributed by atoms with E-state index in [9.17, 15) is 9.59 Å². The maximum Gasteiger partial charge on any atom is 0.309 e. The molecule has 0 aliphatic carbocycles. The van der Waals surface area contributed by atoms with E-state index in [-0.39, 0.29) is 5.54 Å². The van der Waals surface area contributed by atoms with Crippen LogP contribution >= 0.6 is 0 Å². The van der Waals surface area contributed by atoms with Crippen LogP contribution in [0.2, 0.25) is 0 Å². The first kappa shape index (κ1) is 10.4. The summed E-state index contributed by atoms with van der Waals surface area (Å²) in [6, 6.07) is 0. The molecule has 2 fully saturated rings. The fourth-order valence-corrected chi connectivity index (χ4v) is 2.41. The fraction of sp³-hybridized carbons (Fsp3) is 0.800. The number of nitrogens with zero attached hydrogens (tertiary/aromatic N) is 1. The average molecular weight is 211 g/mol. The van der Waals surface area contributed by atoms with Gasteiger partial charge in [-0.25, -0.2) is 0 Å². The average Bonchev–Trinajstić information content (AvgIpc) is 2.60. The van der Waals surface area contributed by atoms with Gasteiger partial charge in [-0.05, 0) is 32.9 Å². The minimum atomic E-state index is -0.515. The molecule has 2 N–H and O–H groups in total. The largest absolute Gasteiger partial charge is 0.345 e. The van der Waals surface area contributed by atoms with Crippen LogP contribution in [0.3, 0.4) is 0 Å². The second-order valence-corrected chi connectivity index (χ2v) is 4.80. The first-order valence-corrected chi connectivity index (χ1v) is 5.30. The molecule has 0 aromatic rings. The molecule has 84 valence electrons. The Morgan fingerprint density at radius 1 is 1.40 bits per heavy atom.